The van der Waals surface area contributed by atoms with Gasteiger partial charge in [-0.3, -0.25) is 4.79 Å². The highest BCUT2D eigenvalue weighted by atomic mass is 79.9. The first-order valence-corrected chi connectivity index (χ1v) is 6.29. The molecule has 2 N–H and O–H groups in total. The lowest BCUT2D eigenvalue weighted by molar-refractivity contribution is -0.140. The molecule has 0 heterocycles. The van der Waals surface area contributed by atoms with E-state index in [0.29, 0.717) is 4.47 Å². The second-order valence-electron chi connectivity index (χ2n) is 3.84. The van der Waals surface area contributed by atoms with Gasteiger partial charge in [0, 0.05) is 10.9 Å². The highest BCUT2D eigenvalue weighted by Crippen LogP contribution is 2.23. The van der Waals surface area contributed by atoms with Gasteiger partial charge >= 0.3 is 5.97 Å². The third-order valence-corrected chi connectivity index (χ3v) is 2.92. The van der Waals surface area contributed by atoms with Crippen molar-refractivity contribution in [3.8, 4) is 5.75 Å². The monoisotopic (exact) mass is 351 g/mol. The molecule has 1 amide bonds. The standard InChI is InChI=1S/C12H12BrF2NO4/c1-20-9-4-6(13)2-3-7(9)11(17)16-8(12(18)19)5-10(14)15/h2-4,8,10H,5H2,1H3,(H,16,17)(H,18,19). The van der Waals surface area contributed by atoms with Crippen molar-refractivity contribution in [1.29, 1.82) is 0 Å². The number of nitrogens with one attached hydrogen (secondary N) is 1. The Kier molecular flexibility index (Phi) is 5.87. The predicted octanol–water partition coefficient (Wildman–Crippen LogP) is 2.30. The van der Waals surface area contributed by atoms with Crippen LogP contribution in [0.1, 0.15) is 16.8 Å². The molecule has 20 heavy (non-hydrogen) atoms. The molecule has 1 aromatic carbocycles. The molecule has 0 aliphatic rings. The lowest BCUT2D eigenvalue weighted by Crippen LogP contribution is -2.42. The fraction of sp³-hybridized carbons (Fsp3) is 0.333. The number of aliphatic carboxylic acids is 1. The van der Waals surface area contributed by atoms with E-state index in [9.17, 15) is 18.4 Å². The van der Waals surface area contributed by atoms with Crippen molar-refractivity contribution in [3.63, 3.8) is 0 Å². The third kappa shape index (κ3) is 4.44. The van der Waals surface area contributed by atoms with E-state index in [0.717, 1.165) is 0 Å². The minimum absolute atomic E-state index is 0.0659. The van der Waals surface area contributed by atoms with Crippen LogP contribution in [-0.2, 0) is 4.79 Å². The maximum absolute atomic E-state index is 12.3. The highest BCUT2D eigenvalue weighted by molar-refractivity contribution is 9.10. The van der Waals surface area contributed by atoms with Crippen molar-refractivity contribution in [2.75, 3.05) is 7.11 Å². The van der Waals surface area contributed by atoms with Crippen molar-refractivity contribution in [3.05, 3.63) is 28.2 Å². The Morgan fingerprint density at radius 2 is 2.10 bits per heavy atom. The quantitative estimate of drug-likeness (QED) is 0.824. The zero-order valence-electron chi connectivity index (χ0n) is 10.4. The maximum Gasteiger partial charge on any atom is 0.326 e. The van der Waals surface area contributed by atoms with E-state index in [2.05, 4.69) is 15.9 Å². The molecule has 0 aliphatic carbocycles. The van der Waals surface area contributed by atoms with E-state index in [1.54, 1.807) is 6.07 Å². The topological polar surface area (TPSA) is 75.6 Å². The van der Waals surface area contributed by atoms with Gasteiger partial charge in [-0.1, -0.05) is 15.9 Å². The van der Waals surface area contributed by atoms with Crippen molar-refractivity contribution < 1.29 is 28.2 Å². The molecule has 0 aromatic heterocycles. The molecular formula is C12H12BrF2NO4. The van der Waals surface area contributed by atoms with Crippen molar-refractivity contribution in [2.45, 2.75) is 18.9 Å². The number of carboxylic acids is 1. The Hall–Kier alpha value is -1.70. The molecule has 0 saturated carbocycles. The number of amides is 1. The van der Waals surface area contributed by atoms with Crippen molar-refractivity contribution in [1.82, 2.24) is 5.32 Å². The van der Waals surface area contributed by atoms with Crippen LogP contribution in [0.15, 0.2) is 22.7 Å². The fourth-order valence-electron chi connectivity index (χ4n) is 1.49. The number of ether oxygens (including phenoxy) is 1. The Labute approximate surface area is 122 Å². The van der Waals surface area contributed by atoms with Crippen molar-refractivity contribution in [2.24, 2.45) is 0 Å². The van der Waals surface area contributed by atoms with Gasteiger partial charge in [0.25, 0.3) is 5.91 Å². The summed E-state index contributed by atoms with van der Waals surface area (Å²) in [6, 6.07) is 2.81. The first kappa shape index (κ1) is 16.4. The summed E-state index contributed by atoms with van der Waals surface area (Å²) in [7, 11) is 1.34. The smallest absolute Gasteiger partial charge is 0.326 e. The summed E-state index contributed by atoms with van der Waals surface area (Å²) in [5.74, 6) is -2.10. The summed E-state index contributed by atoms with van der Waals surface area (Å²) in [5, 5.41) is 10.8. The van der Waals surface area contributed by atoms with Crippen LogP contribution in [-0.4, -0.2) is 36.6 Å². The van der Waals surface area contributed by atoms with E-state index in [1.807, 2.05) is 5.32 Å². The molecule has 8 heteroatoms. The van der Waals surface area contributed by atoms with Gasteiger partial charge in [-0.05, 0) is 18.2 Å². The van der Waals surface area contributed by atoms with Crippen LogP contribution in [0.2, 0.25) is 0 Å². The number of carbonyl (C=O) groups excluding carboxylic acids is 1. The summed E-state index contributed by atoms with van der Waals surface area (Å²) in [5.41, 5.74) is 0.0659. The summed E-state index contributed by atoms with van der Waals surface area (Å²) in [6.45, 7) is 0. The molecule has 110 valence electrons. The lowest BCUT2D eigenvalue weighted by atomic mass is 10.1. The zero-order chi connectivity index (χ0) is 15.3. The summed E-state index contributed by atoms with van der Waals surface area (Å²) in [6.07, 6.45) is -3.79. The Morgan fingerprint density at radius 3 is 2.60 bits per heavy atom. The normalized spacial score (nSPS) is 12.1. The van der Waals surface area contributed by atoms with E-state index >= 15 is 0 Å². The van der Waals surface area contributed by atoms with E-state index in [-0.39, 0.29) is 11.3 Å². The number of benzene rings is 1. The van der Waals surface area contributed by atoms with Crippen LogP contribution >= 0.6 is 15.9 Å². The van der Waals surface area contributed by atoms with Crippen LogP contribution in [0.25, 0.3) is 0 Å². The predicted molar refractivity (Wildman–Crippen MR) is 70.2 cm³/mol. The zero-order valence-corrected chi connectivity index (χ0v) is 12.0. The van der Waals surface area contributed by atoms with Crippen LogP contribution in [0.3, 0.4) is 0 Å². The summed E-state index contributed by atoms with van der Waals surface area (Å²) in [4.78, 5) is 22.7. The molecule has 1 unspecified atom stereocenters. The first-order chi connectivity index (χ1) is 9.35. The molecule has 0 fully saturated rings. The minimum atomic E-state index is -2.83. The van der Waals surface area contributed by atoms with Crippen LogP contribution in [0.5, 0.6) is 5.75 Å². The second kappa shape index (κ2) is 7.18. The largest absolute Gasteiger partial charge is 0.496 e. The summed E-state index contributed by atoms with van der Waals surface area (Å²) < 4.78 is 30.1. The average molecular weight is 352 g/mol. The molecule has 1 aromatic rings. The van der Waals surface area contributed by atoms with E-state index in [1.165, 1.54) is 19.2 Å². The highest BCUT2D eigenvalue weighted by Gasteiger charge is 2.25. The third-order valence-electron chi connectivity index (χ3n) is 2.43. The average Bonchev–Trinajstić information content (AvgIpc) is 2.36. The molecule has 0 saturated heterocycles. The molecule has 0 bridgehead atoms. The number of carboxylic acid groups (broad SMARTS) is 1. The minimum Gasteiger partial charge on any atom is -0.496 e. The van der Waals surface area contributed by atoms with Crippen LogP contribution < -0.4 is 10.1 Å². The van der Waals surface area contributed by atoms with Gasteiger partial charge in [0.05, 0.1) is 12.7 Å². The van der Waals surface area contributed by atoms with Crippen LogP contribution in [0.4, 0.5) is 8.78 Å². The van der Waals surface area contributed by atoms with Gasteiger partial charge in [0.15, 0.2) is 0 Å². The number of carbonyl (C=O) groups is 2. The number of halogens is 3. The number of alkyl halides is 2. The van der Waals surface area contributed by atoms with Gasteiger partial charge in [-0.25, -0.2) is 13.6 Å². The molecular weight excluding hydrogens is 340 g/mol. The van der Waals surface area contributed by atoms with E-state index < -0.39 is 30.8 Å². The number of methoxy groups -OCH3 is 1. The van der Waals surface area contributed by atoms with Gasteiger partial charge in [-0.15, -0.1) is 0 Å². The number of hydrogen-bond donors (Lipinski definition) is 2. The van der Waals surface area contributed by atoms with Gasteiger partial charge in [0.1, 0.15) is 11.8 Å². The summed E-state index contributed by atoms with van der Waals surface area (Å²) >= 11 is 3.19. The van der Waals surface area contributed by atoms with Crippen molar-refractivity contribution >= 4 is 27.8 Å². The molecule has 5 nitrogen and oxygen atoms in total. The Balaban J connectivity index is 2.91. The Morgan fingerprint density at radius 1 is 1.45 bits per heavy atom. The molecule has 0 radical (unpaired) electrons. The first-order valence-electron chi connectivity index (χ1n) is 5.50. The van der Waals surface area contributed by atoms with Gasteiger partial charge in [0.2, 0.25) is 6.43 Å². The molecule has 1 rings (SSSR count). The number of rotatable bonds is 6. The fourth-order valence-corrected chi connectivity index (χ4v) is 1.83. The molecule has 1 atom stereocenters. The number of hydrogen-bond acceptors (Lipinski definition) is 3. The van der Waals surface area contributed by atoms with Gasteiger partial charge < -0.3 is 15.2 Å². The Bertz CT molecular complexity index is 510. The molecule has 0 aliphatic heterocycles. The maximum atomic E-state index is 12.3. The van der Waals surface area contributed by atoms with Crippen LogP contribution in [0, 0.1) is 0 Å². The second-order valence-corrected chi connectivity index (χ2v) is 4.75. The van der Waals surface area contributed by atoms with E-state index in [4.69, 9.17) is 9.84 Å². The molecule has 0 spiro atoms. The van der Waals surface area contributed by atoms with Gasteiger partial charge in [-0.2, -0.15) is 0 Å². The lowest BCUT2D eigenvalue weighted by Gasteiger charge is -2.15. The SMILES string of the molecule is COc1cc(Br)ccc1C(=O)NC(CC(F)F)C(=O)O.